The highest BCUT2D eigenvalue weighted by molar-refractivity contribution is 5.76. The highest BCUT2D eigenvalue weighted by Gasteiger charge is 2.29. The molecule has 3 aliphatic rings. The van der Waals surface area contributed by atoms with Crippen LogP contribution in [0, 0.1) is 11.6 Å². The third-order valence-corrected chi connectivity index (χ3v) is 7.35. The van der Waals surface area contributed by atoms with Crippen molar-refractivity contribution in [3.8, 4) is 5.75 Å². The number of rotatable bonds is 5. The highest BCUT2D eigenvalue weighted by Crippen LogP contribution is 2.34. The third-order valence-electron chi connectivity index (χ3n) is 7.35. The lowest BCUT2D eigenvalue weighted by Gasteiger charge is -2.34. The average Bonchev–Trinajstić information content (AvgIpc) is 3.26. The van der Waals surface area contributed by atoms with E-state index in [1.54, 1.807) is 39.5 Å². The molecule has 3 aliphatic heterocycles. The number of nitrogens with zero attached hydrogens (tertiary/aromatic N) is 3. The van der Waals surface area contributed by atoms with Crippen molar-refractivity contribution in [1.82, 2.24) is 19.4 Å². The molecule has 184 valence electrons. The van der Waals surface area contributed by atoms with Crippen LogP contribution in [-0.4, -0.2) is 52.9 Å². The normalized spacial score (nSPS) is 20.0. The fraction of sp³-hybridized carbons (Fsp3) is 0.440. The van der Waals surface area contributed by atoms with Gasteiger partial charge in [0, 0.05) is 55.3 Å². The number of likely N-dealkylation sites (tertiary alicyclic amines) is 1. The molecule has 0 saturated carbocycles. The number of ether oxygens (including phenoxy) is 1. The van der Waals surface area contributed by atoms with Gasteiger partial charge in [0.15, 0.2) is 11.6 Å². The molecule has 1 fully saturated rings. The van der Waals surface area contributed by atoms with Crippen molar-refractivity contribution in [1.29, 1.82) is 0 Å². The lowest BCUT2D eigenvalue weighted by molar-refractivity contribution is 0.171. The van der Waals surface area contributed by atoms with Gasteiger partial charge >= 0.3 is 0 Å². The van der Waals surface area contributed by atoms with Crippen molar-refractivity contribution in [3.63, 3.8) is 0 Å². The first-order valence-corrected chi connectivity index (χ1v) is 12.1. The lowest BCUT2D eigenvalue weighted by Crippen LogP contribution is -2.44. The number of pyridine rings is 2. The van der Waals surface area contributed by atoms with Crippen molar-refractivity contribution in [2.24, 2.45) is 0 Å². The van der Waals surface area contributed by atoms with Crippen LogP contribution in [-0.2, 0) is 13.1 Å². The summed E-state index contributed by atoms with van der Waals surface area (Å²) in [6.07, 6.45) is 1.71. The molecular formula is C25H27F2N5O3. The molecule has 0 amide bonds. The van der Waals surface area contributed by atoms with Gasteiger partial charge in [-0.3, -0.25) is 18.7 Å². The number of hydrogen-bond donors (Lipinski definition) is 2. The van der Waals surface area contributed by atoms with E-state index in [1.807, 2.05) is 0 Å². The van der Waals surface area contributed by atoms with Crippen LogP contribution >= 0.6 is 0 Å². The van der Waals surface area contributed by atoms with Crippen molar-refractivity contribution >= 4 is 16.7 Å². The maximum absolute atomic E-state index is 14.5. The predicted molar refractivity (Wildman–Crippen MR) is 128 cm³/mol. The largest absolute Gasteiger partial charge is 0.486 e. The number of halogens is 2. The fourth-order valence-electron chi connectivity index (χ4n) is 5.57. The van der Waals surface area contributed by atoms with E-state index in [2.05, 4.69) is 15.5 Å². The Labute approximate surface area is 200 Å². The first-order valence-electron chi connectivity index (χ1n) is 12.1. The Morgan fingerprint density at radius 1 is 1.06 bits per heavy atom. The summed E-state index contributed by atoms with van der Waals surface area (Å²) in [6, 6.07) is 8.37. The van der Waals surface area contributed by atoms with Gasteiger partial charge in [-0.05, 0) is 44.1 Å². The van der Waals surface area contributed by atoms with Gasteiger partial charge in [-0.2, -0.15) is 4.39 Å². The van der Waals surface area contributed by atoms with Crippen molar-refractivity contribution < 1.29 is 13.5 Å². The number of hydrogen-bond acceptors (Lipinski definition) is 6. The molecule has 1 aromatic carbocycles. The summed E-state index contributed by atoms with van der Waals surface area (Å²) in [5.74, 6) is -1.85. The molecule has 0 aliphatic carbocycles. The Balaban J connectivity index is 1.08. The topological polar surface area (TPSA) is 80.5 Å². The van der Waals surface area contributed by atoms with Crippen LogP contribution in [0.5, 0.6) is 5.75 Å². The molecule has 2 aromatic heterocycles. The molecule has 1 saturated heterocycles. The van der Waals surface area contributed by atoms with Crippen LogP contribution in [0.15, 0.2) is 39.9 Å². The van der Waals surface area contributed by atoms with E-state index in [9.17, 15) is 18.4 Å². The quantitative estimate of drug-likeness (QED) is 0.579. The van der Waals surface area contributed by atoms with E-state index in [4.69, 9.17) is 4.74 Å². The number of fused-ring (bicyclic) bond motifs is 1. The molecule has 6 rings (SSSR count). The first kappa shape index (κ1) is 22.2. The molecule has 0 spiro atoms. The summed E-state index contributed by atoms with van der Waals surface area (Å²) < 4.78 is 37.6. The monoisotopic (exact) mass is 483 g/mol. The molecule has 3 aromatic rings. The second-order valence-corrected chi connectivity index (χ2v) is 9.53. The molecule has 5 heterocycles. The Kier molecular flexibility index (Phi) is 5.57. The zero-order valence-corrected chi connectivity index (χ0v) is 19.2. The van der Waals surface area contributed by atoms with Crippen LogP contribution in [0.3, 0.4) is 0 Å². The molecule has 1 atom stereocenters. The summed E-state index contributed by atoms with van der Waals surface area (Å²) in [5.41, 5.74) is 1.29. The molecule has 0 bridgehead atoms. The first-order chi connectivity index (χ1) is 17.0. The minimum Gasteiger partial charge on any atom is -0.486 e. The van der Waals surface area contributed by atoms with Crippen LogP contribution in [0.25, 0.3) is 11.0 Å². The summed E-state index contributed by atoms with van der Waals surface area (Å²) in [4.78, 5) is 27.3. The van der Waals surface area contributed by atoms with Gasteiger partial charge in [-0.1, -0.05) is 0 Å². The Hall–Kier alpha value is -3.24. The van der Waals surface area contributed by atoms with Gasteiger partial charge in [0.25, 0.3) is 11.1 Å². The SMILES string of the molecule is O=c1ccc2ccc(=O)n3c2n1C[C@H]3CN1CCC(NCc2cc3c(c(F)c2F)OCCN3)CC1. The van der Waals surface area contributed by atoms with Gasteiger partial charge in [0.2, 0.25) is 5.82 Å². The van der Waals surface area contributed by atoms with E-state index in [1.165, 1.54) is 0 Å². The van der Waals surface area contributed by atoms with Crippen LogP contribution in [0.1, 0.15) is 24.4 Å². The molecule has 35 heavy (non-hydrogen) atoms. The van der Waals surface area contributed by atoms with Crippen molar-refractivity contribution in [2.75, 3.05) is 38.1 Å². The number of benzene rings is 1. The third kappa shape index (κ3) is 3.90. The van der Waals surface area contributed by atoms with E-state index in [0.29, 0.717) is 37.6 Å². The summed E-state index contributed by atoms with van der Waals surface area (Å²) >= 11 is 0. The van der Waals surface area contributed by atoms with E-state index < -0.39 is 11.6 Å². The Morgan fingerprint density at radius 2 is 1.83 bits per heavy atom. The van der Waals surface area contributed by atoms with E-state index in [0.717, 1.165) is 31.3 Å². The van der Waals surface area contributed by atoms with Gasteiger partial charge in [0.1, 0.15) is 12.3 Å². The van der Waals surface area contributed by atoms with E-state index in [-0.39, 0.29) is 41.1 Å². The van der Waals surface area contributed by atoms with Gasteiger partial charge in [0.05, 0.1) is 11.7 Å². The minimum atomic E-state index is -0.941. The maximum Gasteiger partial charge on any atom is 0.252 e. The second kappa shape index (κ2) is 8.76. The van der Waals surface area contributed by atoms with Crippen LogP contribution < -0.4 is 26.5 Å². The van der Waals surface area contributed by atoms with Crippen LogP contribution in [0.4, 0.5) is 14.5 Å². The maximum atomic E-state index is 14.5. The van der Waals surface area contributed by atoms with Crippen molar-refractivity contribution in [3.05, 3.63) is 68.2 Å². The number of nitrogens with one attached hydrogen (secondary N) is 2. The molecule has 8 nitrogen and oxygen atoms in total. The Morgan fingerprint density at radius 3 is 2.63 bits per heavy atom. The number of aromatic nitrogens is 2. The summed E-state index contributed by atoms with van der Waals surface area (Å²) in [6.45, 7) is 3.93. The van der Waals surface area contributed by atoms with Gasteiger partial charge < -0.3 is 20.3 Å². The zero-order valence-electron chi connectivity index (χ0n) is 19.2. The Bertz CT molecular complexity index is 1410. The lowest BCUT2D eigenvalue weighted by atomic mass is 10.0. The molecule has 10 heteroatoms. The minimum absolute atomic E-state index is 0.0445. The van der Waals surface area contributed by atoms with E-state index >= 15 is 0 Å². The molecule has 2 N–H and O–H groups in total. The number of piperidine rings is 1. The fourth-order valence-corrected chi connectivity index (χ4v) is 5.57. The van der Waals surface area contributed by atoms with Gasteiger partial charge in [-0.15, -0.1) is 0 Å². The standard InChI is InChI=1S/C25H27F2N5O3/c26-22-16(11-19-24(23(22)27)35-10-7-28-19)12-29-17-5-8-30(9-6-17)13-18-14-31-20(33)3-1-15-2-4-21(34)32(18)25(15)31/h1-4,11,17-18,28-29H,5-10,12-14H2/t18-/m1/s1. The molecule has 0 unspecified atom stereocenters. The molecular weight excluding hydrogens is 456 g/mol. The predicted octanol–water partition coefficient (Wildman–Crippen LogP) is 2.05. The number of anilines is 1. The van der Waals surface area contributed by atoms with Crippen LogP contribution in [0.2, 0.25) is 0 Å². The molecule has 0 radical (unpaired) electrons. The summed E-state index contributed by atoms with van der Waals surface area (Å²) in [7, 11) is 0. The summed E-state index contributed by atoms with van der Waals surface area (Å²) in [5, 5.41) is 7.32. The zero-order chi connectivity index (χ0) is 24.1. The average molecular weight is 484 g/mol. The highest BCUT2D eigenvalue weighted by atomic mass is 19.2. The second-order valence-electron chi connectivity index (χ2n) is 9.53. The van der Waals surface area contributed by atoms with Gasteiger partial charge in [-0.25, -0.2) is 4.39 Å². The van der Waals surface area contributed by atoms with Crippen molar-refractivity contribution in [2.45, 2.75) is 38.0 Å². The smallest absolute Gasteiger partial charge is 0.252 e.